The van der Waals surface area contributed by atoms with Gasteiger partial charge in [0.15, 0.2) is 11.7 Å². The van der Waals surface area contributed by atoms with Crippen molar-refractivity contribution in [1.29, 1.82) is 0 Å². The van der Waals surface area contributed by atoms with E-state index in [0.29, 0.717) is 31.9 Å². The van der Waals surface area contributed by atoms with E-state index in [2.05, 4.69) is 17.1 Å². The Bertz CT molecular complexity index is 896. The number of carbonyl (C=O) groups excluding carboxylic acids is 1. The van der Waals surface area contributed by atoms with E-state index in [1.807, 2.05) is 22.5 Å². The van der Waals surface area contributed by atoms with E-state index in [1.165, 1.54) is 6.26 Å². The van der Waals surface area contributed by atoms with Gasteiger partial charge >= 0.3 is 0 Å². The average Bonchev–Trinajstić information content (AvgIpc) is 3.29. The first-order valence-corrected chi connectivity index (χ1v) is 10.6. The summed E-state index contributed by atoms with van der Waals surface area (Å²) in [5, 5.41) is 3.35. The number of carbonyl (C=O) groups is 1. The number of rotatable bonds is 7. The lowest BCUT2D eigenvalue weighted by Crippen LogP contribution is -2.53. The van der Waals surface area contributed by atoms with Crippen LogP contribution in [0.1, 0.15) is 36.0 Å². The molecule has 0 radical (unpaired) electrons. The lowest BCUT2D eigenvalue weighted by Gasteiger charge is -2.36. The molecule has 8 heteroatoms. The molecule has 0 spiro atoms. The van der Waals surface area contributed by atoms with Crippen molar-refractivity contribution >= 4 is 11.9 Å². The Morgan fingerprint density at radius 2 is 1.87 bits per heavy atom. The molecule has 0 aliphatic carbocycles. The van der Waals surface area contributed by atoms with Gasteiger partial charge in [0, 0.05) is 57.6 Å². The van der Waals surface area contributed by atoms with E-state index in [9.17, 15) is 9.59 Å². The highest BCUT2D eigenvalue weighted by molar-refractivity contribution is 5.91. The summed E-state index contributed by atoms with van der Waals surface area (Å²) in [6, 6.07) is 8.78. The highest BCUT2D eigenvalue weighted by atomic mass is 16.3. The maximum absolute atomic E-state index is 12.4. The average molecular weight is 414 g/mol. The van der Waals surface area contributed by atoms with Crippen molar-refractivity contribution in [3.05, 3.63) is 58.4 Å². The normalized spacial score (nSPS) is 14.8. The molecule has 3 heterocycles. The van der Waals surface area contributed by atoms with Crippen LogP contribution in [0.4, 0.5) is 0 Å². The van der Waals surface area contributed by atoms with E-state index in [-0.39, 0.29) is 11.5 Å². The van der Waals surface area contributed by atoms with E-state index in [1.54, 1.807) is 24.3 Å². The second-order valence-electron chi connectivity index (χ2n) is 7.36. The summed E-state index contributed by atoms with van der Waals surface area (Å²) in [7, 11) is 0. The molecule has 1 aliphatic rings. The molecule has 3 rings (SSSR count). The molecule has 0 saturated carbocycles. The standard InChI is InChI=1S/C22H31N5O3/c1-3-23-22(24-11-4-5-12-27-18(2)8-6-10-20(27)28)26-15-13-25(14-16-26)21(29)19-9-7-17-30-19/h6-10,17H,3-5,11-16H2,1-2H3,(H,23,24). The number of nitrogens with one attached hydrogen (secondary N) is 1. The van der Waals surface area contributed by atoms with Gasteiger partial charge in [0.25, 0.3) is 11.5 Å². The Kier molecular flexibility index (Phi) is 7.70. The number of guanidine groups is 1. The van der Waals surface area contributed by atoms with Crippen LogP contribution in [-0.4, -0.2) is 65.5 Å². The van der Waals surface area contributed by atoms with Gasteiger partial charge in [-0.2, -0.15) is 0 Å². The minimum Gasteiger partial charge on any atom is -0.459 e. The number of aliphatic imine (C=N–C) groups is 1. The van der Waals surface area contributed by atoms with Gasteiger partial charge in [0.05, 0.1) is 6.26 Å². The van der Waals surface area contributed by atoms with Crippen LogP contribution in [0.5, 0.6) is 0 Å². The molecule has 0 unspecified atom stereocenters. The zero-order chi connectivity index (χ0) is 21.3. The Balaban J connectivity index is 1.47. The molecule has 30 heavy (non-hydrogen) atoms. The molecular formula is C22H31N5O3. The molecule has 1 aliphatic heterocycles. The fraction of sp³-hybridized carbons (Fsp3) is 0.500. The van der Waals surface area contributed by atoms with Gasteiger partial charge in [-0.3, -0.25) is 14.6 Å². The minimum absolute atomic E-state index is 0.0498. The smallest absolute Gasteiger partial charge is 0.289 e. The monoisotopic (exact) mass is 413 g/mol. The van der Waals surface area contributed by atoms with E-state index < -0.39 is 0 Å². The molecule has 162 valence electrons. The highest BCUT2D eigenvalue weighted by Crippen LogP contribution is 2.10. The summed E-state index contributed by atoms with van der Waals surface area (Å²) in [6.07, 6.45) is 3.33. The van der Waals surface area contributed by atoms with Crippen LogP contribution >= 0.6 is 0 Å². The zero-order valence-corrected chi connectivity index (χ0v) is 17.8. The van der Waals surface area contributed by atoms with E-state index in [0.717, 1.165) is 44.1 Å². The Labute approximate surface area is 177 Å². The molecule has 2 aromatic heterocycles. The molecule has 2 aromatic rings. The number of unbranched alkanes of at least 4 members (excludes halogenated alkanes) is 1. The zero-order valence-electron chi connectivity index (χ0n) is 17.8. The maximum Gasteiger partial charge on any atom is 0.289 e. The predicted octanol–water partition coefficient (Wildman–Crippen LogP) is 1.95. The minimum atomic E-state index is -0.0620. The lowest BCUT2D eigenvalue weighted by atomic mass is 10.2. The third-order valence-electron chi connectivity index (χ3n) is 5.25. The van der Waals surface area contributed by atoms with Crippen LogP contribution < -0.4 is 10.9 Å². The van der Waals surface area contributed by atoms with Crippen LogP contribution in [0.2, 0.25) is 0 Å². The largest absolute Gasteiger partial charge is 0.459 e. The highest BCUT2D eigenvalue weighted by Gasteiger charge is 2.25. The van der Waals surface area contributed by atoms with Crippen molar-refractivity contribution in [1.82, 2.24) is 19.7 Å². The van der Waals surface area contributed by atoms with Gasteiger partial charge in [0.2, 0.25) is 0 Å². The van der Waals surface area contributed by atoms with Gasteiger partial charge < -0.3 is 24.1 Å². The number of hydrogen-bond acceptors (Lipinski definition) is 4. The molecule has 0 aromatic carbocycles. The number of pyridine rings is 1. The summed E-state index contributed by atoms with van der Waals surface area (Å²) in [4.78, 5) is 33.1. The molecule has 8 nitrogen and oxygen atoms in total. The first-order chi connectivity index (χ1) is 14.6. The Morgan fingerprint density at radius 3 is 2.53 bits per heavy atom. The lowest BCUT2D eigenvalue weighted by molar-refractivity contribution is 0.0657. The summed E-state index contributed by atoms with van der Waals surface area (Å²) in [6.45, 7) is 8.96. The fourth-order valence-corrected chi connectivity index (χ4v) is 3.58. The van der Waals surface area contributed by atoms with Crippen molar-refractivity contribution in [2.75, 3.05) is 39.3 Å². The Morgan fingerprint density at radius 1 is 1.10 bits per heavy atom. The van der Waals surface area contributed by atoms with Gasteiger partial charge in [-0.1, -0.05) is 6.07 Å². The molecular weight excluding hydrogens is 382 g/mol. The number of aromatic nitrogens is 1. The first-order valence-electron chi connectivity index (χ1n) is 10.6. The van der Waals surface area contributed by atoms with Crippen LogP contribution in [0.25, 0.3) is 0 Å². The summed E-state index contributed by atoms with van der Waals surface area (Å²) < 4.78 is 7.03. The third kappa shape index (κ3) is 5.52. The summed E-state index contributed by atoms with van der Waals surface area (Å²) in [5.41, 5.74) is 1.04. The molecule has 1 saturated heterocycles. The first kappa shape index (κ1) is 21.7. The van der Waals surface area contributed by atoms with Crippen molar-refractivity contribution in [2.24, 2.45) is 4.99 Å². The Hall–Kier alpha value is -3.03. The number of aryl methyl sites for hydroxylation is 1. The van der Waals surface area contributed by atoms with Gasteiger partial charge in [-0.15, -0.1) is 0 Å². The molecule has 1 N–H and O–H groups in total. The molecule has 1 fully saturated rings. The van der Waals surface area contributed by atoms with Crippen molar-refractivity contribution < 1.29 is 9.21 Å². The maximum atomic E-state index is 12.4. The number of amides is 1. The van der Waals surface area contributed by atoms with Crippen molar-refractivity contribution in [2.45, 2.75) is 33.2 Å². The predicted molar refractivity (Wildman–Crippen MR) is 117 cm³/mol. The van der Waals surface area contributed by atoms with Crippen molar-refractivity contribution in [3.8, 4) is 0 Å². The van der Waals surface area contributed by atoms with E-state index in [4.69, 9.17) is 9.41 Å². The van der Waals surface area contributed by atoms with Crippen LogP contribution in [0.3, 0.4) is 0 Å². The van der Waals surface area contributed by atoms with Gasteiger partial charge in [-0.25, -0.2) is 0 Å². The van der Waals surface area contributed by atoms with Gasteiger partial charge in [0.1, 0.15) is 0 Å². The number of nitrogens with zero attached hydrogens (tertiary/aromatic N) is 4. The number of furan rings is 1. The summed E-state index contributed by atoms with van der Waals surface area (Å²) >= 11 is 0. The second kappa shape index (κ2) is 10.7. The number of piperazine rings is 1. The second-order valence-corrected chi connectivity index (χ2v) is 7.36. The molecule has 0 bridgehead atoms. The van der Waals surface area contributed by atoms with Crippen LogP contribution in [0, 0.1) is 6.92 Å². The number of hydrogen-bond donors (Lipinski definition) is 1. The fourth-order valence-electron chi connectivity index (χ4n) is 3.58. The molecule has 1 amide bonds. The SMILES string of the molecule is CCNC(=NCCCCn1c(C)cccc1=O)N1CCN(C(=O)c2ccco2)CC1. The van der Waals surface area contributed by atoms with E-state index >= 15 is 0 Å². The van der Waals surface area contributed by atoms with Crippen molar-refractivity contribution in [3.63, 3.8) is 0 Å². The summed E-state index contributed by atoms with van der Waals surface area (Å²) in [5.74, 6) is 1.21. The quantitative estimate of drug-likeness (QED) is 0.426. The third-order valence-corrected chi connectivity index (χ3v) is 5.25. The molecule has 0 atom stereocenters. The topological polar surface area (TPSA) is 83.1 Å². The van der Waals surface area contributed by atoms with Crippen LogP contribution in [-0.2, 0) is 6.54 Å². The van der Waals surface area contributed by atoms with Crippen LogP contribution in [0.15, 0.2) is 50.8 Å². The van der Waals surface area contributed by atoms with Gasteiger partial charge in [-0.05, 0) is 44.9 Å².